The Morgan fingerprint density at radius 1 is 1.08 bits per heavy atom. The van der Waals surface area contributed by atoms with Gasteiger partial charge in [0.05, 0.1) is 37.0 Å². The van der Waals surface area contributed by atoms with Gasteiger partial charge in [-0.1, -0.05) is 30.3 Å². The van der Waals surface area contributed by atoms with Crippen LogP contribution in [0.3, 0.4) is 0 Å². The zero-order chi connectivity index (χ0) is 17.6. The summed E-state index contributed by atoms with van der Waals surface area (Å²) < 4.78 is 10.4. The lowest BCUT2D eigenvalue weighted by Gasteiger charge is -2.15. The summed E-state index contributed by atoms with van der Waals surface area (Å²) >= 11 is 0. The molecule has 128 valence electrons. The van der Waals surface area contributed by atoms with E-state index in [0.717, 1.165) is 28.0 Å². The molecule has 0 fully saturated rings. The molecule has 1 heterocycles. The summed E-state index contributed by atoms with van der Waals surface area (Å²) in [7, 11) is 1.38. The van der Waals surface area contributed by atoms with Crippen LogP contribution in [-0.4, -0.2) is 24.7 Å². The molecule has 3 aromatic rings. The van der Waals surface area contributed by atoms with Crippen molar-refractivity contribution in [2.75, 3.05) is 19.0 Å². The standard InChI is InChI=1S/C20H20N2O3/c1-3-25-19-11-7-6-10-17(19)22-18-12-14(13-20(23)24-2)21-16-9-5-4-8-15(16)18/h4-12H,3,13H2,1-2H3,(H,21,22). The first-order valence-corrected chi connectivity index (χ1v) is 8.15. The number of rotatable bonds is 6. The molecule has 0 aliphatic heterocycles. The van der Waals surface area contributed by atoms with E-state index in [2.05, 4.69) is 10.3 Å². The third-order valence-corrected chi connectivity index (χ3v) is 3.78. The first kappa shape index (κ1) is 16.8. The van der Waals surface area contributed by atoms with Crippen molar-refractivity contribution >= 4 is 28.2 Å². The maximum Gasteiger partial charge on any atom is 0.311 e. The van der Waals surface area contributed by atoms with Crippen molar-refractivity contribution < 1.29 is 14.3 Å². The molecule has 5 nitrogen and oxygen atoms in total. The van der Waals surface area contributed by atoms with E-state index in [-0.39, 0.29) is 12.4 Å². The fourth-order valence-electron chi connectivity index (χ4n) is 2.64. The molecule has 0 saturated carbocycles. The van der Waals surface area contributed by atoms with Gasteiger partial charge in [0, 0.05) is 11.1 Å². The van der Waals surface area contributed by atoms with E-state index in [1.807, 2.05) is 61.5 Å². The van der Waals surface area contributed by atoms with Crippen LogP contribution in [0.1, 0.15) is 12.6 Å². The molecule has 0 unspecified atom stereocenters. The van der Waals surface area contributed by atoms with Crippen molar-refractivity contribution in [3.8, 4) is 5.75 Å². The second-order valence-corrected chi connectivity index (χ2v) is 5.49. The number of esters is 1. The number of nitrogens with zero attached hydrogens (tertiary/aromatic N) is 1. The Morgan fingerprint density at radius 2 is 1.84 bits per heavy atom. The number of nitrogens with one attached hydrogen (secondary N) is 1. The van der Waals surface area contributed by atoms with Crippen molar-refractivity contribution in [2.24, 2.45) is 0 Å². The minimum absolute atomic E-state index is 0.128. The van der Waals surface area contributed by atoms with Crippen LogP contribution in [0.15, 0.2) is 54.6 Å². The predicted octanol–water partition coefficient (Wildman–Crippen LogP) is 4.09. The minimum atomic E-state index is -0.316. The van der Waals surface area contributed by atoms with Gasteiger partial charge in [0.15, 0.2) is 0 Å². The Kier molecular flexibility index (Phi) is 5.14. The number of methoxy groups -OCH3 is 1. The number of hydrogen-bond donors (Lipinski definition) is 1. The monoisotopic (exact) mass is 336 g/mol. The second-order valence-electron chi connectivity index (χ2n) is 5.49. The van der Waals surface area contributed by atoms with Gasteiger partial charge < -0.3 is 14.8 Å². The molecule has 5 heteroatoms. The molecule has 1 aromatic heterocycles. The van der Waals surface area contributed by atoms with Crippen LogP contribution in [0.5, 0.6) is 5.75 Å². The lowest BCUT2D eigenvalue weighted by Crippen LogP contribution is -2.07. The number of hydrogen-bond acceptors (Lipinski definition) is 5. The van der Waals surface area contributed by atoms with Gasteiger partial charge in [0.1, 0.15) is 5.75 Å². The molecule has 0 aliphatic rings. The number of pyridine rings is 1. The number of anilines is 2. The van der Waals surface area contributed by atoms with Crippen LogP contribution in [0.25, 0.3) is 10.9 Å². The third-order valence-electron chi connectivity index (χ3n) is 3.78. The van der Waals surface area contributed by atoms with Crippen LogP contribution < -0.4 is 10.1 Å². The van der Waals surface area contributed by atoms with Crippen molar-refractivity contribution in [1.82, 2.24) is 4.98 Å². The first-order valence-electron chi connectivity index (χ1n) is 8.15. The molecule has 0 atom stereocenters. The van der Waals surface area contributed by atoms with Crippen molar-refractivity contribution in [1.29, 1.82) is 0 Å². The quantitative estimate of drug-likeness (QED) is 0.687. The summed E-state index contributed by atoms with van der Waals surface area (Å²) in [6.45, 7) is 2.54. The molecule has 0 amide bonds. The molecular formula is C20H20N2O3. The van der Waals surface area contributed by atoms with Crippen molar-refractivity contribution in [3.63, 3.8) is 0 Å². The van der Waals surface area contributed by atoms with E-state index in [1.54, 1.807) is 0 Å². The highest BCUT2D eigenvalue weighted by Gasteiger charge is 2.11. The minimum Gasteiger partial charge on any atom is -0.492 e. The van der Waals surface area contributed by atoms with Crippen molar-refractivity contribution in [2.45, 2.75) is 13.3 Å². The van der Waals surface area contributed by atoms with Crippen LogP contribution in [0.2, 0.25) is 0 Å². The van der Waals surface area contributed by atoms with Gasteiger partial charge in [0.2, 0.25) is 0 Å². The third kappa shape index (κ3) is 3.88. The Balaban J connectivity index is 2.04. The number of fused-ring (bicyclic) bond motifs is 1. The number of carbonyl (C=O) groups excluding carboxylic acids is 1. The summed E-state index contributed by atoms with van der Waals surface area (Å²) in [5.74, 6) is 0.462. The summed E-state index contributed by atoms with van der Waals surface area (Å²) in [5, 5.41) is 4.39. The highest BCUT2D eigenvalue weighted by atomic mass is 16.5. The molecule has 3 rings (SSSR count). The Hall–Kier alpha value is -3.08. The van der Waals surface area contributed by atoms with Crippen LogP contribution in [0.4, 0.5) is 11.4 Å². The number of ether oxygens (including phenoxy) is 2. The number of aromatic nitrogens is 1. The van der Waals surface area contributed by atoms with Gasteiger partial charge in [-0.05, 0) is 31.2 Å². The summed E-state index contributed by atoms with van der Waals surface area (Å²) in [6.07, 6.45) is 0.128. The van der Waals surface area contributed by atoms with Gasteiger partial charge in [-0.15, -0.1) is 0 Å². The van der Waals surface area contributed by atoms with E-state index >= 15 is 0 Å². The summed E-state index contributed by atoms with van der Waals surface area (Å²) in [4.78, 5) is 16.2. The van der Waals surface area contributed by atoms with Gasteiger partial charge >= 0.3 is 5.97 Å². The zero-order valence-electron chi connectivity index (χ0n) is 14.3. The normalized spacial score (nSPS) is 10.5. The van der Waals surface area contributed by atoms with E-state index in [1.165, 1.54) is 7.11 Å². The van der Waals surface area contributed by atoms with E-state index < -0.39 is 0 Å². The van der Waals surface area contributed by atoms with Gasteiger partial charge in [-0.3, -0.25) is 9.78 Å². The second kappa shape index (κ2) is 7.66. The van der Waals surface area contributed by atoms with Crippen LogP contribution in [0, 0.1) is 0 Å². The molecule has 0 bridgehead atoms. The van der Waals surface area contributed by atoms with Crippen LogP contribution in [-0.2, 0) is 16.0 Å². The fraction of sp³-hybridized carbons (Fsp3) is 0.200. The number of benzene rings is 2. The average Bonchev–Trinajstić information content (AvgIpc) is 2.63. The number of para-hydroxylation sites is 3. The Bertz CT molecular complexity index is 893. The highest BCUT2D eigenvalue weighted by molar-refractivity contribution is 5.94. The maximum absolute atomic E-state index is 11.6. The predicted molar refractivity (Wildman–Crippen MR) is 98.4 cm³/mol. The molecule has 2 aromatic carbocycles. The molecule has 0 radical (unpaired) electrons. The van der Waals surface area contributed by atoms with Crippen LogP contribution >= 0.6 is 0 Å². The van der Waals surface area contributed by atoms with Crippen molar-refractivity contribution in [3.05, 3.63) is 60.3 Å². The van der Waals surface area contributed by atoms with E-state index in [4.69, 9.17) is 9.47 Å². The topological polar surface area (TPSA) is 60.5 Å². The molecule has 25 heavy (non-hydrogen) atoms. The lowest BCUT2D eigenvalue weighted by atomic mass is 10.1. The van der Waals surface area contributed by atoms with Gasteiger partial charge in [0.25, 0.3) is 0 Å². The van der Waals surface area contributed by atoms with E-state index in [0.29, 0.717) is 12.3 Å². The van der Waals surface area contributed by atoms with Gasteiger partial charge in [-0.2, -0.15) is 0 Å². The average molecular weight is 336 g/mol. The van der Waals surface area contributed by atoms with E-state index in [9.17, 15) is 4.79 Å². The highest BCUT2D eigenvalue weighted by Crippen LogP contribution is 2.31. The Labute approximate surface area is 146 Å². The largest absolute Gasteiger partial charge is 0.492 e. The first-order chi connectivity index (χ1) is 12.2. The zero-order valence-corrected chi connectivity index (χ0v) is 14.3. The fourth-order valence-corrected chi connectivity index (χ4v) is 2.64. The molecule has 0 saturated heterocycles. The molecule has 0 aliphatic carbocycles. The maximum atomic E-state index is 11.6. The molecule has 1 N–H and O–H groups in total. The van der Waals surface area contributed by atoms with Gasteiger partial charge in [-0.25, -0.2) is 0 Å². The Morgan fingerprint density at radius 3 is 2.64 bits per heavy atom. The SMILES string of the molecule is CCOc1ccccc1Nc1cc(CC(=O)OC)nc2ccccc12. The smallest absolute Gasteiger partial charge is 0.311 e. The molecule has 0 spiro atoms. The summed E-state index contributed by atoms with van der Waals surface area (Å²) in [5.41, 5.74) is 3.21. The number of carbonyl (C=O) groups is 1. The summed E-state index contributed by atoms with van der Waals surface area (Å²) in [6, 6.07) is 17.4. The lowest BCUT2D eigenvalue weighted by molar-refractivity contribution is -0.139. The molecular weight excluding hydrogens is 316 g/mol.